The summed E-state index contributed by atoms with van der Waals surface area (Å²) in [6.45, 7) is 4.72. The third-order valence-corrected chi connectivity index (χ3v) is 21.0. The van der Waals surface area contributed by atoms with Crippen molar-refractivity contribution in [2.75, 3.05) is 47.5 Å². The van der Waals surface area contributed by atoms with Crippen molar-refractivity contribution in [1.82, 2.24) is 0 Å². The van der Waals surface area contributed by atoms with E-state index in [9.17, 15) is 19.5 Å². The molecule has 0 aromatic rings. The lowest BCUT2D eigenvalue weighted by Crippen LogP contribution is -2.44. The molecule has 0 aliphatic carbocycles. The zero-order chi connectivity index (χ0) is 75.3. The molecule has 0 heterocycles. The van der Waals surface area contributed by atoms with E-state index in [1.807, 2.05) is 21.1 Å². The lowest BCUT2D eigenvalue weighted by Gasteiger charge is -2.26. The fourth-order valence-electron chi connectivity index (χ4n) is 14.1. The normalized spacial score (nSPS) is 12.8. The van der Waals surface area contributed by atoms with E-state index < -0.39 is 24.3 Å². The number of carbonyl (C=O) groups excluding carboxylic acids is 3. The number of carbonyl (C=O) groups is 3. The molecule has 9 heteroatoms. The second-order valence-corrected chi connectivity index (χ2v) is 32.6. The molecule has 2 unspecified atom stereocenters. The van der Waals surface area contributed by atoms with Gasteiger partial charge in [0.05, 0.1) is 40.3 Å². The standard InChI is InChI=1S/C95H177NO8/c1-6-8-10-12-14-16-18-20-22-24-26-28-30-32-34-36-38-40-42-44-46-48-49-51-53-55-57-59-61-63-65-67-69-71-73-75-77-79-81-83-85-92(97)102-89-91(90-103-95(94(99)100)101-88-87-96(3,4)5)104-93(98)86-84-82-80-78-76-74-72-70-68-66-64-62-60-58-56-54-52-50-47-45-43-41-39-37-35-33-31-29-27-25-23-21-19-17-15-13-11-9-7-2/h9,11,15,17,21,23,27,29,33,35,91,95H,6-8,10,12-14,16,18-20,22,24-26,28,30-32,34,36-90H2,1-5H3/b11-9-,17-15-,23-21-,29-27-,35-33-. The summed E-state index contributed by atoms with van der Waals surface area (Å²) in [5, 5.41) is 11.9. The first kappa shape index (κ1) is 101. The van der Waals surface area contributed by atoms with Crippen LogP contribution in [0.4, 0.5) is 0 Å². The molecule has 610 valence electrons. The summed E-state index contributed by atoms with van der Waals surface area (Å²) < 4.78 is 22.9. The highest BCUT2D eigenvalue weighted by Gasteiger charge is 2.22. The Kier molecular flexibility index (Phi) is 83.1. The number of nitrogens with zero attached hydrogens (tertiary/aromatic N) is 1. The number of carboxylic acid groups (broad SMARTS) is 1. The van der Waals surface area contributed by atoms with Crippen molar-refractivity contribution in [3.8, 4) is 0 Å². The third-order valence-electron chi connectivity index (χ3n) is 21.0. The van der Waals surface area contributed by atoms with Crippen molar-refractivity contribution in [3.63, 3.8) is 0 Å². The predicted octanol–water partition coefficient (Wildman–Crippen LogP) is 28.8. The molecule has 0 fully saturated rings. The highest BCUT2D eigenvalue weighted by molar-refractivity contribution is 5.70. The number of allylic oxidation sites excluding steroid dienone is 10. The van der Waals surface area contributed by atoms with Crippen LogP contribution in [0.15, 0.2) is 60.8 Å². The Morgan fingerprint density at radius 1 is 0.298 bits per heavy atom. The van der Waals surface area contributed by atoms with Gasteiger partial charge >= 0.3 is 11.9 Å². The van der Waals surface area contributed by atoms with Crippen molar-refractivity contribution in [2.24, 2.45) is 0 Å². The number of aliphatic carboxylic acids is 1. The predicted molar refractivity (Wildman–Crippen MR) is 449 cm³/mol. The number of carboxylic acids is 1. The molecule has 0 aliphatic heterocycles. The van der Waals surface area contributed by atoms with Crippen molar-refractivity contribution < 1.29 is 42.9 Å². The monoisotopic (exact) mass is 1460 g/mol. The first-order valence-electron chi connectivity index (χ1n) is 45.9. The zero-order valence-corrected chi connectivity index (χ0v) is 70.2. The van der Waals surface area contributed by atoms with Gasteiger partial charge in [-0.05, 0) is 57.8 Å². The molecule has 0 aromatic heterocycles. The molecular formula is C95H177NO8. The number of unbranched alkanes of at least 4 members (excludes halogenated alkanes) is 62. The topological polar surface area (TPSA) is 111 Å². The summed E-state index contributed by atoms with van der Waals surface area (Å²) in [6.07, 6.45) is 113. The first-order chi connectivity index (χ1) is 51.1. The van der Waals surface area contributed by atoms with E-state index in [1.54, 1.807) is 0 Å². The van der Waals surface area contributed by atoms with Gasteiger partial charge in [-0.15, -0.1) is 0 Å². The minimum atomic E-state index is -1.62. The molecule has 0 saturated heterocycles. The van der Waals surface area contributed by atoms with Gasteiger partial charge in [-0.1, -0.05) is 460 Å². The average Bonchev–Trinajstić information content (AvgIpc) is 1.13. The molecule has 0 rings (SSSR count). The number of quaternary nitrogens is 1. The summed E-state index contributed by atoms with van der Waals surface area (Å²) in [6, 6.07) is 0. The summed E-state index contributed by atoms with van der Waals surface area (Å²) in [5.41, 5.74) is 0. The van der Waals surface area contributed by atoms with Gasteiger partial charge in [-0.2, -0.15) is 0 Å². The van der Waals surface area contributed by atoms with Crippen LogP contribution in [-0.2, 0) is 33.3 Å². The van der Waals surface area contributed by atoms with Gasteiger partial charge in [0, 0.05) is 12.8 Å². The fraction of sp³-hybridized carbons (Fsp3) is 0.863. The first-order valence-corrected chi connectivity index (χ1v) is 45.9. The summed E-state index contributed by atoms with van der Waals surface area (Å²) in [7, 11) is 5.96. The van der Waals surface area contributed by atoms with E-state index in [0.717, 1.165) is 70.6 Å². The minimum Gasteiger partial charge on any atom is -0.545 e. The number of ether oxygens (including phenoxy) is 4. The second-order valence-electron chi connectivity index (χ2n) is 32.6. The van der Waals surface area contributed by atoms with Gasteiger partial charge in [0.15, 0.2) is 12.4 Å². The van der Waals surface area contributed by atoms with Gasteiger partial charge in [-0.3, -0.25) is 9.59 Å². The lowest BCUT2D eigenvalue weighted by molar-refractivity contribution is -0.870. The zero-order valence-electron chi connectivity index (χ0n) is 70.2. The quantitative estimate of drug-likeness (QED) is 0.0195. The van der Waals surface area contributed by atoms with Crippen LogP contribution in [0.1, 0.15) is 470 Å². The van der Waals surface area contributed by atoms with E-state index in [2.05, 4.69) is 74.6 Å². The Hall–Kier alpha value is -3.01. The van der Waals surface area contributed by atoms with Gasteiger partial charge in [-0.25, -0.2) is 0 Å². The van der Waals surface area contributed by atoms with Crippen LogP contribution in [0.3, 0.4) is 0 Å². The number of hydrogen-bond acceptors (Lipinski definition) is 8. The Balaban J connectivity index is 3.88. The Morgan fingerprint density at radius 3 is 0.817 bits per heavy atom. The van der Waals surface area contributed by atoms with Crippen LogP contribution in [0, 0.1) is 0 Å². The molecule has 0 N–H and O–H groups in total. The average molecular weight is 1460 g/mol. The van der Waals surface area contributed by atoms with Gasteiger partial charge in [0.1, 0.15) is 13.2 Å². The number of esters is 2. The Bertz CT molecular complexity index is 1900. The van der Waals surface area contributed by atoms with Crippen molar-refractivity contribution >= 4 is 17.9 Å². The Morgan fingerprint density at radius 2 is 0.548 bits per heavy atom. The molecule has 104 heavy (non-hydrogen) atoms. The fourth-order valence-corrected chi connectivity index (χ4v) is 14.1. The van der Waals surface area contributed by atoms with Gasteiger partial charge in [0.2, 0.25) is 0 Å². The highest BCUT2D eigenvalue weighted by Crippen LogP contribution is 2.21. The Labute approximate surface area is 647 Å². The summed E-state index contributed by atoms with van der Waals surface area (Å²) in [4.78, 5) is 37.7. The number of rotatable bonds is 87. The van der Waals surface area contributed by atoms with E-state index in [-0.39, 0.29) is 32.2 Å². The molecule has 0 amide bonds. The largest absolute Gasteiger partial charge is 0.545 e. The number of likely N-dealkylation sites (N-methyl/N-ethyl adjacent to an activating group) is 1. The third kappa shape index (κ3) is 86.2. The van der Waals surface area contributed by atoms with E-state index in [1.165, 1.54) is 372 Å². The van der Waals surface area contributed by atoms with Crippen LogP contribution < -0.4 is 5.11 Å². The van der Waals surface area contributed by atoms with Crippen LogP contribution >= 0.6 is 0 Å². The number of hydrogen-bond donors (Lipinski definition) is 0. The summed E-state index contributed by atoms with van der Waals surface area (Å²) >= 11 is 0. The maximum absolute atomic E-state index is 13.0. The molecule has 0 radical (unpaired) electrons. The van der Waals surface area contributed by atoms with Crippen LogP contribution in [0.2, 0.25) is 0 Å². The molecule has 0 aliphatic rings. The molecule has 0 aromatic carbocycles. The maximum atomic E-state index is 13.0. The lowest BCUT2D eigenvalue weighted by atomic mass is 10.0. The van der Waals surface area contributed by atoms with E-state index >= 15 is 0 Å². The molecule has 0 spiro atoms. The van der Waals surface area contributed by atoms with Gasteiger partial charge < -0.3 is 33.3 Å². The van der Waals surface area contributed by atoms with Crippen molar-refractivity contribution in [3.05, 3.63) is 60.8 Å². The molecule has 2 atom stereocenters. The van der Waals surface area contributed by atoms with Crippen molar-refractivity contribution in [2.45, 2.75) is 482 Å². The highest BCUT2D eigenvalue weighted by atomic mass is 16.7. The maximum Gasteiger partial charge on any atom is 0.306 e. The van der Waals surface area contributed by atoms with Crippen molar-refractivity contribution in [1.29, 1.82) is 0 Å². The van der Waals surface area contributed by atoms with Crippen LogP contribution in [-0.4, -0.2) is 82.3 Å². The molecule has 0 bridgehead atoms. The molecular weight excluding hydrogens is 1280 g/mol. The molecule has 9 nitrogen and oxygen atoms in total. The SMILES string of the molecule is CC/C=C\C/C=C\C/C=C\C/C=C\C/C=C\CCCCCCCCCCCCCCCCCCCCCCCCCC(=O)OC(COC(=O)CCCCCCCCCCCCCCCCCCCCCCCCCCCCCCCCCCCCCCCCCC)COC(OCC[N+](C)(C)C)C(=O)[O-]. The van der Waals surface area contributed by atoms with Crippen LogP contribution in [0.25, 0.3) is 0 Å². The summed E-state index contributed by atoms with van der Waals surface area (Å²) in [5.74, 6) is -2.25. The van der Waals surface area contributed by atoms with E-state index in [4.69, 9.17) is 18.9 Å². The molecule has 0 saturated carbocycles. The smallest absolute Gasteiger partial charge is 0.306 e. The second kappa shape index (κ2) is 85.6. The van der Waals surface area contributed by atoms with Gasteiger partial charge in [0.25, 0.3) is 0 Å². The van der Waals surface area contributed by atoms with Crippen LogP contribution in [0.5, 0.6) is 0 Å². The minimum absolute atomic E-state index is 0.151. The van der Waals surface area contributed by atoms with E-state index in [0.29, 0.717) is 17.4 Å².